The Labute approximate surface area is 59.9 Å². The third-order valence-corrected chi connectivity index (χ3v) is 0. The molecule has 0 spiro atoms. The van der Waals surface area contributed by atoms with Crippen molar-refractivity contribution in [1.29, 1.82) is 0 Å². The molecule has 0 aromatic rings. The molecule has 0 nitrogen and oxygen atoms in total. The Morgan fingerprint density at radius 1 is 1.50 bits per heavy atom. The van der Waals surface area contributed by atoms with Crippen molar-refractivity contribution in [2.24, 2.45) is 0 Å². The topological polar surface area (TPSA) is 0 Å². The van der Waals surface area contributed by atoms with E-state index in [1.165, 1.54) is 0 Å². The van der Waals surface area contributed by atoms with E-state index in [0.717, 1.165) is 0 Å². The average Bonchev–Trinajstić information content (AvgIpc) is 0.918. The molecule has 0 heterocycles. The first-order valence-electron chi connectivity index (χ1n) is 0.333. The summed E-state index contributed by atoms with van der Waals surface area (Å²) in [6.45, 7) is 0. The third kappa shape index (κ3) is 9.09. The molecule has 0 aliphatic heterocycles. The summed E-state index contributed by atoms with van der Waals surface area (Å²) < 4.78 is 0. The molecule has 0 amide bonds. The summed E-state index contributed by atoms with van der Waals surface area (Å²) >= 11 is -0.363. The first-order chi connectivity index (χ1) is 1.41. The van der Waals surface area contributed by atoms with Gasteiger partial charge in [0.05, 0.1) is 0 Å². The Hall–Kier alpha value is 1.89. The molecule has 0 aromatic carbocycles. The van der Waals surface area contributed by atoms with Crippen LogP contribution in [0.4, 0.5) is 0 Å². The van der Waals surface area contributed by atoms with Gasteiger partial charge in [-0.25, -0.2) is 0 Å². The summed E-state index contributed by atoms with van der Waals surface area (Å²) in [5.74, 6) is 0. The second-order valence-corrected chi connectivity index (χ2v) is 3.62. The van der Waals surface area contributed by atoms with Crippen LogP contribution in [0.2, 0.25) is 0 Å². The van der Waals surface area contributed by atoms with Crippen LogP contribution in [0, 0.1) is 0 Å². The molecule has 0 atom stereocenters. The van der Waals surface area contributed by atoms with Crippen LogP contribution in [-0.4, -0.2) is 23.1 Å². The monoisotopic (exact) mass is 188 g/mol. The van der Waals surface area contributed by atoms with Crippen LogP contribution in [0.25, 0.3) is 0 Å². The van der Waals surface area contributed by atoms with E-state index in [4.69, 9.17) is 0 Å². The Kier molecular flexibility index (Phi) is 20.6. The van der Waals surface area contributed by atoms with E-state index in [1.54, 1.807) is 0 Å². The zero-order valence-corrected chi connectivity index (χ0v) is 6.99. The van der Waals surface area contributed by atoms with Gasteiger partial charge in [0.25, 0.3) is 0 Å². The van der Waals surface area contributed by atoms with Gasteiger partial charge in [0.1, 0.15) is 0 Å². The van der Waals surface area contributed by atoms with Gasteiger partial charge in [-0.2, -0.15) is 0 Å². The van der Waals surface area contributed by atoms with Gasteiger partial charge in [0.2, 0.25) is 0 Å². The van der Waals surface area contributed by atoms with Crippen LogP contribution >= 0.6 is 19.6 Å². The molecule has 22 valence electrons. The normalized spacial score (nSPS) is 3.00. The van der Waals surface area contributed by atoms with Crippen molar-refractivity contribution in [2.75, 3.05) is 0 Å². The molecule has 0 unspecified atom stereocenters. The maximum absolute atomic E-state index is 4.34. The molecule has 0 aromatic heterocycles. The van der Waals surface area contributed by atoms with Gasteiger partial charge in [-0.1, -0.05) is 0 Å². The summed E-state index contributed by atoms with van der Waals surface area (Å²) in [5.41, 5.74) is 0. The van der Waals surface area contributed by atoms with Gasteiger partial charge in [0, 0.05) is 0 Å². The van der Waals surface area contributed by atoms with E-state index >= 15 is 0 Å². The van der Waals surface area contributed by atoms with E-state index in [0.29, 0.717) is 0 Å². The summed E-state index contributed by atoms with van der Waals surface area (Å²) in [7, 11) is 8.68. The van der Waals surface area contributed by atoms with Crippen molar-refractivity contribution in [3.05, 3.63) is 0 Å². The van der Waals surface area contributed by atoms with Crippen molar-refractivity contribution in [3.8, 4) is 0 Å². The van der Waals surface area contributed by atoms with E-state index in [-0.39, 0.29) is 40.8 Å². The molecule has 0 bridgehead atoms. The van der Waals surface area contributed by atoms with Crippen LogP contribution in [-0.2, 0) is 14.9 Å². The molecule has 0 saturated heterocycles. The van der Waals surface area contributed by atoms with Crippen molar-refractivity contribution >= 4 is 42.7 Å². The second-order valence-electron chi connectivity index (χ2n) is 0.0680. The predicted molar refractivity (Wildman–Crippen MR) is 23.2 cm³/mol. The molecule has 0 radical (unpaired) electrons. The van der Waals surface area contributed by atoms with Gasteiger partial charge in [-0.05, 0) is 0 Å². The SMILES string of the molecule is [H-].[H-].[Mg+2].[S]=[Mo]=[S]. The molecule has 0 aliphatic rings. The first kappa shape index (κ1) is 9.31. The van der Waals surface area contributed by atoms with Crippen LogP contribution in [0.3, 0.4) is 0 Å². The Morgan fingerprint density at radius 2 is 1.50 bits per heavy atom. The molecule has 0 aliphatic carbocycles. The Morgan fingerprint density at radius 3 is 1.50 bits per heavy atom. The van der Waals surface area contributed by atoms with Crippen molar-refractivity contribution in [3.63, 3.8) is 0 Å². The second kappa shape index (κ2) is 8.86. The Bertz CT molecular complexity index is 32.5. The van der Waals surface area contributed by atoms with Crippen molar-refractivity contribution in [2.45, 2.75) is 0 Å². The number of hydrogen-bond acceptors (Lipinski definition) is 2. The summed E-state index contributed by atoms with van der Waals surface area (Å²) in [5, 5.41) is 0. The molecule has 0 saturated carbocycles. The van der Waals surface area contributed by atoms with Crippen LogP contribution in [0.5, 0.6) is 0 Å². The van der Waals surface area contributed by atoms with Gasteiger partial charge in [0.15, 0.2) is 0 Å². The number of hydrogen-bond donors (Lipinski definition) is 0. The van der Waals surface area contributed by atoms with E-state index in [2.05, 4.69) is 19.6 Å². The quantitative estimate of drug-likeness (QED) is 0.520. The van der Waals surface area contributed by atoms with Crippen LogP contribution in [0.1, 0.15) is 2.85 Å². The van der Waals surface area contributed by atoms with E-state index < -0.39 is 0 Å². The molecular formula is H2MgMoS2. The minimum atomic E-state index is -0.363. The fraction of sp³-hybridized carbons (Fsp3) is 0. The zero-order chi connectivity index (χ0) is 2.71. The van der Waals surface area contributed by atoms with Gasteiger partial charge < -0.3 is 2.85 Å². The van der Waals surface area contributed by atoms with Crippen LogP contribution in [0.15, 0.2) is 0 Å². The van der Waals surface area contributed by atoms with Crippen LogP contribution < -0.4 is 0 Å². The fourth-order valence-corrected chi connectivity index (χ4v) is 0. The standard InChI is InChI=1S/Mg.Mo.2S.2H/q+2;;;;2*-1. The zero-order valence-electron chi connectivity index (χ0n) is 3.93. The third-order valence-electron chi connectivity index (χ3n) is 0. The fourth-order valence-electron chi connectivity index (χ4n) is 0. The minimum absolute atomic E-state index is 0. The van der Waals surface area contributed by atoms with E-state index in [1.807, 2.05) is 0 Å². The molecule has 4 heavy (non-hydrogen) atoms. The van der Waals surface area contributed by atoms with Gasteiger partial charge in [-0.3, -0.25) is 0 Å². The average molecular weight is 186 g/mol. The van der Waals surface area contributed by atoms with Crippen molar-refractivity contribution in [1.82, 2.24) is 0 Å². The summed E-state index contributed by atoms with van der Waals surface area (Å²) in [4.78, 5) is 0. The predicted octanol–water partition coefficient (Wildman–Crippen LogP) is 1.14. The molecule has 0 fully saturated rings. The van der Waals surface area contributed by atoms with Gasteiger partial charge >= 0.3 is 57.6 Å². The molecule has 4 heteroatoms. The van der Waals surface area contributed by atoms with Crippen molar-refractivity contribution < 1.29 is 17.8 Å². The summed E-state index contributed by atoms with van der Waals surface area (Å²) in [6, 6.07) is 0. The molecule has 0 rings (SSSR count). The van der Waals surface area contributed by atoms with Gasteiger partial charge in [-0.15, -0.1) is 0 Å². The maximum atomic E-state index is 4.34. The summed E-state index contributed by atoms with van der Waals surface area (Å²) in [6.07, 6.45) is 0. The van der Waals surface area contributed by atoms with E-state index in [9.17, 15) is 0 Å². The first-order valence-corrected chi connectivity index (χ1v) is 5.92. The molecular weight excluding hydrogens is 184 g/mol. The Balaban J connectivity index is -0.00000000667. The molecule has 0 N–H and O–H groups in total. The number of rotatable bonds is 0.